The third kappa shape index (κ3) is 4.85. The van der Waals surface area contributed by atoms with Gasteiger partial charge in [0.2, 0.25) is 11.8 Å². The molecule has 1 aliphatic carbocycles. The van der Waals surface area contributed by atoms with Gasteiger partial charge in [-0.25, -0.2) is 0 Å². The molecule has 2 aromatic carbocycles. The Labute approximate surface area is 196 Å². The van der Waals surface area contributed by atoms with Gasteiger partial charge in [-0.1, -0.05) is 18.9 Å². The molecule has 2 fully saturated rings. The predicted molar refractivity (Wildman–Crippen MR) is 123 cm³/mol. The van der Waals surface area contributed by atoms with Crippen LogP contribution in [-0.4, -0.2) is 52.8 Å². The quantitative estimate of drug-likeness (QED) is 0.497. The normalized spacial score (nSPS) is 21.7. The lowest BCUT2D eigenvalue weighted by molar-refractivity contribution is -0.384. The Morgan fingerprint density at radius 1 is 1.18 bits per heavy atom. The molecule has 1 saturated heterocycles. The van der Waals surface area contributed by atoms with E-state index in [1.807, 2.05) is 0 Å². The summed E-state index contributed by atoms with van der Waals surface area (Å²) in [4.78, 5) is 51.5. The largest absolute Gasteiger partial charge is 0.497 e. The van der Waals surface area contributed by atoms with Crippen LogP contribution in [0.4, 0.5) is 11.4 Å². The first-order chi connectivity index (χ1) is 16.4. The smallest absolute Gasteiger partial charge is 0.271 e. The Morgan fingerprint density at radius 2 is 1.91 bits per heavy atom. The van der Waals surface area contributed by atoms with Gasteiger partial charge in [-0.05, 0) is 43.2 Å². The summed E-state index contributed by atoms with van der Waals surface area (Å²) in [5, 5.41) is 16.6. The maximum absolute atomic E-state index is 13.6. The number of methoxy groups -OCH3 is 1. The summed E-state index contributed by atoms with van der Waals surface area (Å²) in [5.41, 5.74) is 0.498. The van der Waals surface area contributed by atoms with Crippen LogP contribution in [0.5, 0.6) is 5.75 Å². The number of benzene rings is 2. The number of anilines is 1. The molecule has 1 aliphatic heterocycles. The van der Waals surface area contributed by atoms with E-state index in [1.165, 1.54) is 31.4 Å². The SMILES string of the molecule is COc1ccc(C(=O)N2[C@@H]3CCCC[C@H]3NC(=O)[C@@H]2CC(=O)Nc2cccc([N+](=O)[O-])c2)cc1. The van der Waals surface area contributed by atoms with Crippen LogP contribution in [-0.2, 0) is 9.59 Å². The highest BCUT2D eigenvalue weighted by molar-refractivity contribution is 6.01. The average molecular weight is 466 g/mol. The zero-order valence-corrected chi connectivity index (χ0v) is 18.7. The van der Waals surface area contributed by atoms with Crippen LogP contribution >= 0.6 is 0 Å². The third-order valence-electron chi connectivity index (χ3n) is 6.34. The van der Waals surface area contributed by atoms with E-state index in [9.17, 15) is 24.5 Å². The zero-order chi connectivity index (χ0) is 24.2. The molecule has 3 amide bonds. The monoisotopic (exact) mass is 466 g/mol. The lowest BCUT2D eigenvalue weighted by Crippen LogP contribution is -2.68. The highest BCUT2D eigenvalue weighted by Crippen LogP contribution is 2.31. The molecule has 178 valence electrons. The van der Waals surface area contributed by atoms with Crippen LogP contribution in [0.3, 0.4) is 0 Å². The fourth-order valence-electron chi connectivity index (χ4n) is 4.70. The minimum Gasteiger partial charge on any atom is -0.497 e. The van der Waals surface area contributed by atoms with Crippen LogP contribution in [0, 0.1) is 10.1 Å². The Morgan fingerprint density at radius 3 is 2.62 bits per heavy atom. The molecule has 10 heteroatoms. The van der Waals surface area contributed by atoms with Gasteiger partial charge in [0.05, 0.1) is 24.5 Å². The van der Waals surface area contributed by atoms with E-state index in [4.69, 9.17) is 4.74 Å². The van der Waals surface area contributed by atoms with Crippen molar-refractivity contribution in [1.29, 1.82) is 0 Å². The molecule has 1 saturated carbocycles. The van der Waals surface area contributed by atoms with E-state index in [1.54, 1.807) is 29.2 Å². The van der Waals surface area contributed by atoms with Crippen LogP contribution in [0.1, 0.15) is 42.5 Å². The van der Waals surface area contributed by atoms with E-state index in [0.717, 1.165) is 25.7 Å². The first-order valence-corrected chi connectivity index (χ1v) is 11.2. The maximum Gasteiger partial charge on any atom is 0.271 e. The number of hydrogen-bond donors (Lipinski definition) is 2. The molecule has 0 radical (unpaired) electrons. The summed E-state index contributed by atoms with van der Waals surface area (Å²) >= 11 is 0. The predicted octanol–water partition coefficient (Wildman–Crippen LogP) is 2.88. The zero-order valence-electron chi connectivity index (χ0n) is 18.7. The molecular formula is C24H26N4O6. The van der Waals surface area contributed by atoms with Gasteiger partial charge >= 0.3 is 0 Å². The minimum absolute atomic E-state index is 0.153. The summed E-state index contributed by atoms with van der Waals surface area (Å²) in [7, 11) is 1.54. The van der Waals surface area contributed by atoms with Gasteiger partial charge in [-0.15, -0.1) is 0 Å². The lowest BCUT2D eigenvalue weighted by atomic mass is 9.84. The Hall–Kier alpha value is -3.95. The van der Waals surface area contributed by atoms with Crippen LogP contribution < -0.4 is 15.4 Å². The molecule has 10 nitrogen and oxygen atoms in total. The van der Waals surface area contributed by atoms with Crippen LogP contribution in [0.2, 0.25) is 0 Å². The first kappa shape index (κ1) is 23.2. The molecule has 1 heterocycles. The second kappa shape index (κ2) is 9.90. The van der Waals surface area contributed by atoms with Gasteiger partial charge < -0.3 is 20.3 Å². The fraction of sp³-hybridized carbons (Fsp3) is 0.375. The summed E-state index contributed by atoms with van der Waals surface area (Å²) in [6, 6.07) is 10.9. The molecule has 3 atom stereocenters. The number of hydrogen-bond acceptors (Lipinski definition) is 6. The number of ether oxygens (including phenoxy) is 1. The molecule has 0 spiro atoms. The van der Waals surface area contributed by atoms with Gasteiger partial charge in [0.15, 0.2) is 0 Å². The molecule has 2 aromatic rings. The summed E-state index contributed by atoms with van der Waals surface area (Å²) < 4.78 is 5.17. The van der Waals surface area contributed by atoms with E-state index in [-0.39, 0.29) is 41.7 Å². The molecular weight excluding hydrogens is 440 g/mol. The lowest BCUT2D eigenvalue weighted by Gasteiger charge is -2.48. The molecule has 0 bridgehead atoms. The molecule has 0 aromatic heterocycles. The standard InChI is InChI=1S/C24H26N4O6/c1-34-18-11-9-15(10-12-18)24(31)27-20-8-3-2-7-19(20)26-23(30)21(27)14-22(29)25-16-5-4-6-17(13-16)28(32)33/h4-6,9-13,19-21H,2-3,7-8,14H2,1H3,(H,25,29)(H,26,30)/t19-,20-,21+/m1/s1. The molecule has 2 aliphatic rings. The Bertz CT molecular complexity index is 1100. The number of fused-ring (bicyclic) bond motifs is 1. The van der Waals surface area contributed by atoms with E-state index in [0.29, 0.717) is 11.3 Å². The topological polar surface area (TPSA) is 131 Å². The van der Waals surface area contributed by atoms with Crippen molar-refractivity contribution in [2.75, 3.05) is 12.4 Å². The van der Waals surface area contributed by atoms with E-state index < -0.39 is 16.9 Å². The number of nitro benzene ring substituents is 1. The van der Waals surface area contributed by atoms with Gasteiger partial charge in [0.25, 0.3) is 11.6 Å². The summed E-state index contributed by atoms with van der Waals surface area (Å²) in [5.74, 6) is -0.597. The number of piperazine rings is 1. The second-order valence-corrected chi connectivity index (χ2v) is 8.48. The maximum atomic E-state index is 13.6. The van der Waals surface area contributed by atoms with Crippen molar-refractivity contribution in [3.8, 4) is 5.75 Å². The number of amides is 3. The third-order valence-corrected chi connectivity index (χ3v) is 6.34. The van der Waals surface area contributed by atoms with Crippen molar-refractivity contribution in [3.63, 3.8) is 0 Å². The van der Waals surface area contributed by atoms with Crippen molar-refractivity contribution in [2.24, 2.45) is 0 Å². The minimum atomic E-state index is -0.993. The van der Waals surface area contributed by atoms with Crippen LogP contribution in [0.15, 0.2) is 48.5 Å². The number of non-ortho nitro benzene ring substituents is 1. The Balaban J connectivity index is 1.58. The van der Waals surface area contributed by atoms with Crippen molar-refractivity contribution in [3.05, 3.63) is 64.2 Å². The summed E-state index contributed by atoms with van der Waals surface area (Å²) in [6.45, 7) is 0. The van der Waals surface area contributed by atoms with E-state index in [2.05, 4.69) is 10.6 Å². The molecule has 0 unspecified atom stereocenters. The summed E-state index contributed by atoms with van der Waals surface area (Å²) in [6.07, 6.45) is 3.13. The van der Waals surface area contributed by atoms with Gasteiger partial charge in [-0.3, -0.25) is 24.5 Å². The molecule has 4 rings (SSSR count). The van der Waals surface area contributed by atoms with Crippen molar-refractivity contribution in [1.82, 2.24) is 10.2 Å². The number of carbonyl (C=O) groups excluding carboxylic acids is 3. The highest BCUT2D eigenvalue weighted by Gasteiger charge is 2.46. The number of rotatable bonds is 6. The number of carbonyl (C=O) groups is 3. The average Bonchev–Trinajstić information content (AvgIpc) is 2.84. The Kier molecular flexibility index (Phi) is 6.76. The van der Waals surface area contributed by atoms with Crippen molar-refractivity contribution >= 4 is 29.1 Å². The number of nitrogens with one attached hydrogen (secondary N) is 2. The van der Waals surface area contributed by atoms with E-state index >= 15 is 0 Å². The van der Waals surface area contributed by atoms with Gasteiger partial charge in [-0.2, -0.15) is 0 Å². The highest BCUT2D eigenvalue weighted by atomic mass is 16.6. The first-order valence-electron chi connectivity index (χ1n) is 11.2. The molecule has 34 heavy (non-hydrogen) atoms. The second-order valence-electron chi connectivity index (χ2n) is 8.48. The van der Waals surface area contributed by atoms with Crippen molar-refractivity contribution in [2.45, 2.75) is 50.2 Å². The van der Waals surface area contributed by atoms with Gasteiger partial charge in [0.1, 0.15) is 11.8 Å². The number of nitro groups is 1. The van der Waals surface area contributed by atoms with Crippen molar-refractivity contribution < 1.29 is 24.0 Å². The fourth-order valence-corrected chi connectivity index (χ4v) is 4.70. The van der Waals surface area contributed by atoms with Gasteiger partial charge in [0, 0.05) is 29.4 Å². The number of nitrogens with zero attached hydrogens (tertiary/aromatic N) is 2. The van der Waals surface area contributed by atoms with Crippen LogP contribution in [0.25, 0.3) is 0 Å². The molecule has 2 N–H and O–H groups in total.